The van der Waals surface area contributed by atoms with Crippen LogP contribution >= 0.6 is 0 Å². The first kappa shape index (κ1) is 15.1. The van der Waals surface area contributed by atoms with Gasteiger partial charge in [0.05, 0.1) is 12.4 Å². The molecule has 21 heavy (non-hydrogen) atoms. The van der Waals surface area contributed by atoms with Gasteiger partial charge >= 0.3 is 0 Å². The van der Waals surface area contributed by atoms with Crippen LogP contribution in [0.2, 0.25) is 0 Å². The highest BCUT2D eigenvalue weighted by molar-refractivity contribution is 5.91. The molecule has 1 heterocycles. The number of nitrogens with one attached hydrogen (secondary N) is 1. The van der Waals surface area contributed by atoms with E-state index in [2.05, 4.69) is 5.32 Å². The zero-order valence-corrected chi connectivity index (χ0v) is 11.9. The van der Waals surface area contributed by atoms with E-state index in [1.54, 1.807) is 24.5 Å². The summed E-state index contributed by atoms with van der Waals surface area (Å²) in [5, 5.41) is 12.9. The van der Waals surface area contributed by atoms with Crippen LogP contribution in [-0.4, -0.2) is 17.1 Å². The van der Waals surface area contributed by atoms with Crippen LogP contribution in [0.1, 0.15) is 30.8 Å². The van der Waals surface area contributed by atoms with E-state index >= 15 is 0 Å². The van der Waals surface area contributed by atoms with Gasteiger partial charge in [-0.15, -0.1) is 0 Å². The Labute approximate surface area is 124 Å². The van der Waals surface area contributed by atoms with Gasteiger partial charge in [0.2, 0.25) is 5.91 Å². The normalized spacial score (nSPS) is 14.0. The van der Waals surface area contributed by atoms with Crippen LogP contribution < -0.4 is 5.32 Å². The lowest BCUT2D eigenvalue weighted by atomic mass is 10.0. The third kappa shape index (κ3) is 4.93. The Kier molecular flexibility index (Phi) is 5.35. The van der Waals surface area contributed by atoms with E-state index in [1.165, 1.54) is 6.08 Å². The lowest BCUT2D eigenvalue weighted by Gasteiger charge is -2.17. The molecule has 4 nitrogen and oxygen atoms in total. The first-order valence-electron chi connectivity index (χ1n) is 6.90. The minimum absolute atomic E-state index is 0.131. The summed E-state index contributed by atoms with van der Waals surface area (Å²) in [5.41, 5.74) is 0.852. The highest BCUT2D eigenvalue weighted by Crippen LogP contribution is 2.17. The van der Waals surface area contributed by atoms with Crippen molar-refractivity contribution in [1.29, 1.82) is 0 Å². The Morgan fingerprint density at radius 3 is 2.71 bits per heavy atom. The number of hydrogen-bond donors (Lipinski definition) is 2. The molecule has 2 unspecified atom stereocenters. The summed E-state index contributed by atoms with van der Waals surface area (Å²) in [5.74, 6) is 0.418. The Morgan fingerprint density at radius 1 is 1.29 bits per heavy atom. The summed E-state index contributed by atoms with van der Waals surface area (Å²) in [6.07, 6.45) is 4.45. The molecular formula is C17H19NO3. The highest BCUT2D eigenvalue weighted by atomic mass is 16.3. The fourth-order valence-electron chi connectivity index (χ4n) is 2.04. The van der Waals surface area contributed by atoms with Crippen molar-refractivity contribution in [2.75, 3.05) is 0 Å². The maximum absolute atomic E-state index is 11.7. The number of benzene rings is 1. The minimum atomic E-state index is -0.587. The van der Waals surface area contributed by atoms with E-state index in [4.69, 9.17) is 4.42 Å². The molecule has 0 saturated heterocycles. The third-order valence-corrected chi connectivity index (χ3v) is 3.09. The quantitative estimate of drug-likeness (QED) is 0.802. The molecule has 0 aliphatic carbocycles. The van der Waals surface area contributed by atoms with Gasteiger partial charge in [0.15, 0.2) is 0 Å². The van der Waals surface area contributed by atoms with Crippen LogP contribution in [0.15, 0.2) is 59.2 Å². The van der Waals surface area contributed by atoms with Gasteiger partial charge < -0.3 is 14.8 Å². The van der Waals surface area contributed by atoms with Crippen molar-refractivity contribution >= 4 is 12.0 Å². The molecule has 2 N–H and O–H groups in total. The summed E-state index contributed by atoms with van der Waals surface area (Å²) in [7, 11) is 0. The predicted octanol–water partition coefficient (Wildman–Crippen LogP) is 2.92. The molecule has 2 atom stereocenters. The molecular weight excluding hydrogens is 266 g/mol. The van der Waals surface area contributed by atoms with E-state index < -0.39 is 6.10 Å². The Bertz CT molecular complexity index is 575. The molecule has 0 fully saturated rings. The molecule has 1 amide bonds. The zero-order valence-electron chi connectivity index (χ0n) is 11.9. The van der Waals surface area contributed by atoms with Crippen LogP contribution in [-0.2, 0) is 4.79 Å². The largest absolute Gasteiger partial charge is 0.465 e. The second-order valence-electron chi connectivity index (χ2n) is 4.92. The number of aliphatic hydroxyl groups excluding tert-OH is 1. The van der Waals surface area contributed by atoms with Crippen LogP contribution in [0.5, 0.6) is 0 Å². The SMILES string of the molecule is CC(CC(O)c1ccccc1)NC(=O)/C=C/c1ccco1. The maximum atomic E-state index is 11.7. The minimum Gasteiger partial charge on any atom is -0.465 e. The van der Waals surface area contributed by atoms with E-state index in [-0.39, 0.29) is 11.9 Å². The summed E-state index contributed by atoms with van der Waals surface area (Å²) in [4.78, 5) is 11.7. The van der Waals surface area contributed by atoms with Gasteiger partial charge in [-0.3, -0.25) is 4.79 Å². The number of aliphatic hydroxyl groups is 1. The van der Waals surface area contributed by atoms with Crippen molar-refractivity contribution < 1.29 is 14.3 Å². The van der Waals surface area contributed by atoms with E-state index in [9.17, 15) is 9.90 Å². The Hall–Kier alpha value is -2.33. The summed E-state index contributed by atoms with van der Waals surface area (Å²) < 4.78 is 5.10. The summed E-state index contributed by atoms with van der Waals surface area (Å²) >= 11 is 0. The van der Waals surface area contributed by atoms with E-state index in [0.29, 0.717) is 12.2 Å². The molecule has 0 radical (unpaired) electrons. The van der Waals surface area contributed by atoms with Gasteiger partial charge in [0.1, 0.15) is 5.76 Å². The van der Waals surface area contributed by atoms with Crippen molar-refractivity contribution in [1.82, 2.24) is 5.32 Å². The monoisotopic (exact) mass is 285 g/mol. The molecule has 0 bridgehead atoms. The molecule has 2 aromatic rings. The van der Waals surface area contributed by atoms with Gasteiger partial charge in [-0.2, -0.15) is 0 Å². The second kappa shape index (κ2) is 7.45. The molecule has 1 aromatic heterocycles. The molecule has 0 aliphatic heterocycles. The average molecular weight is 285 g/mol. The lowest BCUT2D eigenvalue weighted by Crippen LogP contribution is -2.32. The van der Waals surface area contributed by atoms with E-state index in [0.717, 1.165) is 5.56 Å². The summed E-state index contributed by atoms with van der Waals surface area (Å²) in [6, 6.07) is 12.8. The maximum Gasteiger partial charge on any atom is 0.244 e. The van der Waals surface area contributed by atoms with Crippen molar-refractivity contribution in [3.8, 4) is 0 Å². The second-order valence-corrected chi connectivity index (χ2v) is 4.92. The van der Waals surface area contributed by atoms with Gasteiger partial charge in [-0.25, -0.2) is 0 Å². The molecule has 0 saturated carbocycles. The number of carbonyl (C=O) groups is 1. The van der Waals surface area contributed by atoms with Gasteiger partial charge in [-0.1, -0.05) is 30.3 Å². The number of furan rings is 1. The number of rotatable bonds is 6. The van der Waals surface area contributed by atoms with Gasteiger partial charge in [-0.05, 0) is 37.1 Å². The number of hydrogen-bond acceptors (Lipinski definition) is 3. The molecule has 0 aliphatic rings. The van der Waals surface area contributed by atoms with Crippen LogP contribution in [0.3, 0.4) is 0 Å². The van der Waals surface area contributed by atoms with Gasteiger partial charge in [0.25, 0.3) is 0 Å². The van der Waals surface area contributed by atoms with Crippen LogP contribution in [0.4, 0.5) is 0 Å². The molecule has 1 aromatic carbocycles. The summed E-state index contributed by atoms with van der Waals surface area (Å²) in [6.45, 7) is 1.87. The van der Waals surface area contributed by atoms with Crippen LogP contribution in [0.25, 0.3) is 6.08 Å². The molecule has 4 heteroatoms. The topological polar surface area (TPSA) is 62.5 Å². The third-order valence-electron chi connectivity index (χ3n) is 3.09. The smallest absolute Gasteiger partial charge is 0.244 e. The molecule has 0 spiro atoms. The number of amides is 1. The van der Waals surface area contributed by atoms with Gasteiger partial charge in [0, 0.05) is 12.1 Å². The van der Waals surface area contributed by atoms with Crippen LogP contribution in [0, 0.1) is 0 Å². The first-order chi connectivity index (χ1) is 10.1. The Balaban J connectivity index is 1.81. The number of carbonyl (C=O) groups excluding carboxylic acids is 1. The molecule has 110 valence electrons. The van der Waals surface area contributed by atoms with E-state index in [1.807, 2.05) is 37.3 Å². The lowest BCUT2D eigenvalue weighted by molar-refractivity contribution is -0.117. The zero-order chi connectivity index (χ0) is 15.1. The van der Waals surface area contributed by atoms with Crippen molar-refractivity contribution in [3.63, 3.8) is 0 Å². The van der Waals surface area contributed by atoms with Crippen molar-refractivity contribution in [2.24, 2.45) is 0 Å². The highest BCUT2D eigenvalue weighted by Gasteiger charge is 2.13. The van der Waals surface area contributed by atoms with Crippen molar-refractivity contribution in [2.45, 2.75) is 25.5 Å². The predicted molar refractivity (Wildman–Crippen MR) is 81.4 cm³/mol. The fraction of sp³-hybridized carbons (Fsp3) is 0.235. The molecule has 2 rings (SSSR count). The fourth-order valence-corrected chi connectivity index (χ4v) is 2.04. The van der Waals surface area contributed by atoms with Crippen molar-refractivity contribution in [3.05, 3.63) is 66.1 Å². The first-order valence-corrected chi connectivity index (χ1v) is 6.90. The standard InChI is InChI=1S/C17H19NO3/c1-13(12-16(19)14-6-3-2-4-7-14)18-17(20)10-9-15-8-5-11-21-15/h2-11,13,16,19H,12H2,1H3,(H,18,20)/b10-9+. The Morgan fingerprint density at radius 2 is 2.05 bits per heavy atom. The average Bonchev–Trinajstić information content (AvgIpc) is 2.99.